The number of rotatable bonds is 15. The lowest BCUT2D eigenvalue weighted by Gasteiger charge is -2.29. The fraction of sp³-hybridized carbons (Fsp3) is 0.469. The van der Waals surface area contributed by atoms with Gasteiger partial charge in [-0.3, -0.25) is 19.7 Å². The Labute approximate surface area is 282 Å². The molecule has 15 nitrogen and oxygen atoms in total. The average molecular weight is 703 g/mol. The van der Waals surface area contributed by atoms with Crippen molar-refractivity contribution in [3.8, 4) is 5.75 Å². The van der Waals surface area contributed by atoms with Gasteiger partial charge in [-0.1, -0.05) is 6.07 Å². The number of benzene rings is 2. The maximum absolute atomic E-state index is 14.2. The smallest absolute Gasteiger partial charge is 0.255 e. The van der Waals surface area contributed by atoms with Crippen LogP contribution in [0.1, 0.15) is 46.0 Å². The number of aliphatic hydroxyl groups is 1. The van der Waals surface area contributed by atoms with Crippen molar-refractivity contribution in [2.75, 3.05) is 57.7 Å². The molecule has 0 aromatic heterocycles. The number of sulfone groups is 1. The van der Waals surface area contributed by atoms with Gasteiger partial charge >= 0.3 is 0 Å². The predicted octanol–water partition coefficient (Wildman–Crippen LogP) is 0.469. The minimum absolute atomic E-state index is 0.0690. The highest BCUT2D eigenvalue weighted by atomic mass is 32.2. The van der Waals surface area contributed by atoms with Crippen LogP contribution in [-0.2, 0) is 41.9 Å². The zero-order valence-corrected chi connectivity index (χ0v) is 27.7. The van der Waals surface area contributed by atoms with E-state index in [0.29, 0.717) is 56.2 Å². The molecule has 2 aromatic carbocycles. The molecule has 4 aliphatic rings. The summed E-state index contributed by atoms with van der Waals surface area (Å²) in [6.45, 7) is 2.71. The van der Waals surface area contributed by atoms with Crippen LogP contribution < -0.4 is 26.2 Å². The lowest BCUT2D eigenvalue weighted by Crippen LogP contribution is -2.52. The van der Waals surface area contributed by atoms with Gasteiger partial charge in [0.15, 0.2) is 9.84 Å². The first kappa shape index (κ1) is 34.6. The van der Waals surface area contributed by atoms with Gasteiger partial charge in [0.25, 0.3) is 5.91 Å². The first-order chi connectivity index (χ1) is 23.5. The summed E-state index contributed by atoms with van der Waals surface area (Å²) in [6, 6.07) is 7.57. The molecule has 6 rings (SSSR count). The Morgan fingerprint density at radius 2 is 1.82 bits per heavy atom. The Bertz CT molecular complexity index is 1760. The van der Waals surface area contributed by atoms with Crippen molar-refractivity contribution < 1.29 is 46.5 Å². The fourth-order valence-electron chi connectivity index (χ4n) is 6.34. The van der Waals surface area contributed by atoms with Crippen molar-refractivity contribution in [2.24, 2.45) is 0 Å². The maximum Gasteiger partial charge on any atom is 0.255 e. The van der Waals surface area contributed by atoms with Gasteiger partial charge in [-0.25, -0.2) is 12.8 Å². The van der Waals surface area contributed by atoms with E-state index in [1.807, 2.05) is 12.3 Å². The fourth-order valence-corrected chi connectivity index (χ4v) is 7.30. The van der Waals surface area contributed by atoms with Crippen LogP contribution in [-0.4, -0.2) is 106 Å². The van der Waals surface area contributed by atoms with E-state index in [9.17, 15) is 32.3 Å². The molecule has 2 aromatic rings. The number of halogens is 1. The van der Waals surface area contributed by atoms with E-state index in [1.165, 1.54) is 17.0 Å². The SMILES string of the molecule is CS(=O)(=O)c1ccc(OCCOCCOCCN2NC=C(CNc3cccc4c3CN(C3CCC(=O)NC3=O)C4=O)N2)c2c1[C@H](O)[C@H](F)C2. The molecule has 264 valence electrons. The third-order valence-electron chi connectivity index (χ3n) is 8.75. The second kappa shape index (κ2) is 14.7. The highest BCUT2D eigenvalue weighted by Crippen LogP contribution is 2.42. The second-order valence-electron chi connectivity index (χ2n) is 12.1. The summed E-state index contributed by atoms with van der Waals surface area (Å²) in [6.07, 6.45) is 0.124. The number of ether oxygens (including phenoxy) is 3. The summed E-state index contributed by atoms with van der Waals surface area (Å²) in [5.74, 6) is -0.660. The number of hydrogen-bond donors (Lipinski definition) is 5. The van der Waals surface area contributed by atoms with Crippen LogP contribution in [0.3, 0.4) is 0 Å². The highest BCUT2D eigenvalue weighted by Gasteiger charge is 2.40. The monoisotopic (exact) mass is 702 g/mol. The van der Waals surface area contributed by atoms with Gasteiger partial charge in [0.1, 0.15) is 30.7 Å². The number of hydrazine groups is 2. The van der Waals surface area contributed by atoms with E-state index in [4.69, 9.17) is 14.2 Å². The van der Waals surface area contributed by atoms with Gasteiger partial charge in [-0.05, 0) is 30.7 Å². The quantitative estimate of drug-likeness (QED) is 0.127. The summed E-state index contributed by atoms with van der Waals surface area (Å²) in [5, 5.41) is 17.6. The zero-order chi connectivity index (χ0) is 34.7. The number of hydrogen-bond acceptors (Lipinski definition) is 13. The number of alkyl halides is 1. The molecule has 1 unspecified atom stereocenters. The molecule has 0 spiro atoms. The van der Waals surface area contributed by atoms with Crippen LogP contribution in [0.4, 0.5) is 10.1 Å². The molecular weight excluding hydrogens is 663 g/mol. The number of imide groups is 1. The summed E-state index contributed by atoms with van der Waals surface area (Å²) in [4.78, 5) is 38.4. The summed E-state index contributed by atoms with van der Waals surface area (Å²) < 4.78 is 55.3. The molecule has 3 aliphatic heterocycles. The van der Waals surface area contributed by atoms with Crippen LogP contribution in [0.25, 0.3) is 0 Å². The van der Waals surface area contributed by atoms with Crippen molar-refractivity contribution in [3.63, 3.8) is 0 Å². The number of fused-ring (bicyclic) bond motifs is 2. The topological polar surface area (TPSA) is 188 Å². The van der Waals surface area contributed by atoms with E-state index >= 15 is 0 Å². The summed E-state index contributed by atoms with van der Waals surface area (Å²) >= 11 is 0. The molecule has 1 aliphatic carbocycles. The predicted molar refractivity (Wildman–Crippen MR) is 172 cm³/mol. The largest absolute Gasteiger partial charge is 0.491 e. The molecule has 17 heteroatoms. The Kier molecular flexibility index (Phi) is 10.4. The molecule has 0 radical (unpaired) electrons. The van der Waals surface area contributed by atoms with Crippen molar-refractivity contribution in [1.29, 1.82) is 0 Å². The molecule has 0 bridgehead atoms. The third-order valence-corrected chi connectivity index (χ3v) is 9.91. The number of amides is 3. The Hall–Kier alpha value is -4.29. The minimum atomic E-state index is -3.64. The molecule has 5 N–H and O–H groups in total. The van der Waals surface area contributed by atoms with Crippen LogP contribution in [0.5, 0.6) is 5.75 Å². The first-order valence-electron chi connectivity index (χ1n) is 16.0. The van der Waals surface area contributed by atoms with Gasteiger partial charge in [0, 0.05) is 59.8 Å². The number of nitrogens with one attached hydrogen (secondary N) is 4. The molecule has 3 heterocycles. The average Bonchev–Trinajstić information content (AvgIpc) is 3.74. The number of piperidine rings is 1. The van der Waals surface area contributed by atoms with Crippen molar-refractivity contribution in [3.05, 3.63) is 64.5 Å². The normalized spacial score (nSPS) is 21.9. The molecule has 1 fully saturated rings. The molecule has 49 heavy (non-hydrogen) atoms. The number of carbonyl (C=O) groups excluding carboxylic acids is 3. The first-order valence-corrected chi connectivity index (χ1v) is 17.9. The van der Waals surface area contributed by atoms with Crippen molar-refractivity contribution in [2.45, 2.75) is 49.0 Å². The van der Waals surface area contributed by atoms with E-state index < -0.39 is 34.1 Å². The van der Waals surface area contributed by atoms with Crippen molar-refractivity contribution in [1.82, 2.24) is 26.2 Å². The molecule has 0 saturated carbocycles. The van der Waals surface area contributed by atoms with Crippen LogP contribution in [0, 0.1) is 0 Å². The third kappa shape index (κ3) is 7.65. The molecular formula is C32H39FN6O9S. The number of anilines is 1. The van der Waals surface area contributed by atoms with Crippen molar-refractivity contribution >= 4 is 33.2 Å². The van der Waals surface area contributed by atoms with Gasteiger partial charge in [-0.2, -0.15) is 0 Å². The van der Waals surface area contributed by atoms with Gasteiger partial charge in [0.05, 0.1) is 50.1 Å². The number of carbonyl (C=O) groups is 3. The number of aliphatic hydroxyl groups excluding tert-OH is 1. The van der Waals surface area contributed by atoms with Crippen LogP contribution >= 0.6 is 0 Å². The maximum atomic E-state index is 14.2. The summed E-state index contributed by atoms with van der Waals surface area (Å²) in [7, 11) is -3.64. The van der Waals surface area contributed by atoms with E-state index in [1.54, 1.807) is 17.3 Å². The second-order valence-corrected chi connectivity index (χ2v) is 14.1. The lowest BCUT2D eigenvalue weighted by molar-refractivity contribution is -0.136. The van der Waals surface area contributed by atoms with Gasteiger partial charge in [-0.15, -0.1) is 5.12 Å². The minimum Gasteiger partial charge on any atom is -0.491 e. The standard InChI is InChI=1S/C32H39FN6O9S/c1-49(44,45)27-7-6-26(21-15-23(33)30(41)29(21)27)48-14-13-47-12-11-46-10-9-39-35-17-19(37-39)16-34-24-4-2-3-20-22(24)18-38(32(20)43)25-5-8-28(40)36-31(25)42/h2-4,6-7,17,23,25,30,34-35,37,41H,5,8-16,18H2,1H3,(H,36,40,42)/t23-,25?,30-/m1/s1. The zero-order valence-electron chi connectivity index (χ0n) is 26.9. The summed E-state index contributed by atoms with van der Waals surface area (Å²) in [5.41, 5.74) is 9.78. The Morgan fingerprint density at radius 1 is 1.04 bits per heavy atom. The van der Waals surface area contributed by atoms with E-state index in [0.717, 1.165) is 23.2 Å². The van der Waals surface area contributed by atoms with Gasteiger partial charge in [0.2, 0.25) is 11.8 Å². The van der Waals surface area contributed by atoms with E-state index in [-0.39, 0.29) is 54.9 Å². The number of nitrogens with zero attached hydrogens (tertiary/aromatic N) is 2. The Balaban J connectivity index is 0.858. The molecule has 1 saturated heterocycles. The molecule has 3 amide bonds. The highest BCUT2D eigenvalue weighted by molar-refractivity contribution is 7.90. The molecule has 3 atom stereocenters. The van der Waals surface area contributed by atoms with E-state index in [2.05, 4.69) is 21.5 Å². The Morgan fingerprint density at radius 3 is 2.59 bits per heavy atom. The lowest BCUT2D eigenvalue weighted by atomic mass is 10.0. The van der Waals surface area contributed by atoms with Crippen LogP contribution in [0.15, 0.2) is 47.1 Å². The van der Waals surface area contributed by atoms with Crippen LogP contribution in [0.2, 0.25) is 0 Å². The van der Waals surface area contributed by atoms with Gasteiger partial charge < -0.3 is 40.4 Å².